The number of anilines is 2. The molecule has 2 aromatic rings. The average Bonchev–Trinajstić information content (AvgIpc) is 3.05. The number of hydrogen-bond acceptors (Lipinski definition) is 7. The van der Waals surface area contributed by atoms with Gasteiger partial charge in [-0.1, -0.05) is 0 Å². The lowest BCUT2D eigenvalue weighted by molar-refractivity contribution is 0.0529. The standard InChI is InChI=1S/C12H17N5O2S/c1-2-19-12(18)9-10(13)16-20-11(9)14-5-3-7-17-8-4-6-15-17/h4,6,8,14H,2-3,5,7H2,1H3,(H2,13,16). The first kappa shape index (κ1) is 14.3. The van der Waals surface area contributed by atoms with Gasteiger partial charge in [-0.25, -0.2) is 4.79 Å². The van der Waals surface area contributed by atoms with E-state index in [0.29, 0.717) is 23.7 Å². The lowest BCUT2D eigenvalue weighted by Gasteiger charge is -2.07. The van der Waals surface area contributed by atoms with Crippen molar-refractivity contribution in [1.29, 1.82) is 0 Å². The van der Waals surface area contributed by atoms with Gasteiger partial charge >= 0.3 is 5.97 Å². The van der Waals surface area contributed by atoms with Gasteiger partial charge in [0.2, 0.25) is 0 Å². The van der Waals surface area contributed by atoms with E-state index in [4.69, 9.17) is 10.5 Å². The minimum absolute atomic E-state index is 0.211. The van der Waals surface area contributed by atoms with Crippen molar-refractivity contribution in [1.82, 2.24) is 14.2 Å². The van der Waals surface area contributed by atoms with Gasteiger partial charge < -0.3 is 15.8 Å². The SMILES string of the molecule is CCOC(=O)c1c(N)nsc1NCCCn1cccn1. The molecule has 0 atom stereocenters. The molecule has 0 bridgehead atoms. The van der Waals surface area contributed by atoms with Crippen LogP contribution in [0, 0.1) is 0 Å². The molecule has 0 aliphatic heterocycles. The van der Waals surface area contributed by atoms with Crippen LogP contribution in [0.15, 0.2) is 18.5 Å². The molecule has 8 heteroatoms. The largest absolute Gasteiger partial charge is 0.462 e. The van der Waals surface area contributed by atoms with Gasteiger partial charge in [0.15, 0.2) is 5.82 Å². The van der Waals surface area contributed by atoms with E-state index in [1.54, 1.807) is 13.1 Å². The lowest BCUT2D eigenvalue weighted by Crippen LogP contribution is -2.11. The highest BCUT2D eigenvalue weighted by molar-refractivity contribution is 7.11. The van der Waals surface area contributed by atoms with Gasteiger partial charge in [-0.15, -0.1) is 0 Å². The van der Waals surface area contributed by atoms with Crippen LogP contribution in [0.3, 0.4) is 0 Å². The normalized spacial score (nSPS) is 10.4. The van der Waals surface area contributed by atoms with Gasteiger partial charge in [0, 0.05) is 25.5 Å². The summed E-state index contributed by atoms with van der Waals surface area (Å²) in [4.78, 5) is 11.8. The number of aromatic nitrogens is 3. The molecule has 0 saturated carbocycles. The van der Waals surface area contributed by atoms with E-state index in [2.05, 4.69) is 14.8 Å². The zero-order chi connectivity index (χ0) is 14.4. The summed E-state index contributed by atoms with van der Waals surface area (Å²) in [6.45, 7) is 3.58. The Balaban J connectivity index is 1.88. The van der Waals surface area contributed by atoms with E-state index in [-0.39, 0.29) is 5.82 Å². The summed E-state index contributed by atoms with van der Waals surface area (Å²) in [7, 11) is 0. The molecule has 2 heterocycles. The monoisotopic (exact) mass is 295 g/mol. The number of rotatable bonds is 7. The first-order valence-electron chi connectivity index (χ1n) is 6.36. The molecule has 0 spiro atoms. The predicted molar refractivity (Wildman–Crippen MR) is 77.8 cm³/mol. The van der Waals surface area contributed by atoms with E-state index >= 15 is 0 Å². The second kappa shape index (κ2) is 6.90. The van der Waals surface area contributed by atoms with Crippen LogP contribution >= 0.6 is 11.5 Å². The zero-order valence-electron chi connectivity index (χ0n) is 11.2. The molecular formula is C12H17N5O2S. The van der Waals surface area contributed by atoms with Gasteiger partial charge in [0.25, 0.3) is 0 Å². The first-order chi connectivity index (χ1) is 9.72. The van der Waals surface area contributed by atoms with E-state index in [9.17, 15) is 4.79 Å². The number of nitrogens with one attached hydrogen (secondary N) is 1. The van der Waals surface area contributed by atoms with Crippen molar-refractivity contribution in [2.45, 2.75) is 19.9 Å². The van der Waals surface area contributed by atoms with Gasteiger partial charge in [-0.2, -0.15) is 9.47 Å². The third kappa shape index (κ3) is 3.47. The molecule has 0 radical (unpaired) electrons. The summed E-state index contributed by atoms with van der Waals surface area (Å²) in [5.74, 6) is -0.226. The van der Waals surface area contributed by atoms with Gasteiger partial charge in [0.05, 0.1) is 6.61 Å². The van der Waals surface area contributed by atoms with Crippen molar-refractivity contribution in [2.75, 3.05) is 24.2 Å². The number of nitrogens with zero attached hydrogens (tertiary/aromatic N) is 3. The van der Waals surface area contributed by atoms with E-state index < -0.39 is 5.97 Å². The van der Waals surface area contributed by atoms with Crippen LogP contribution in [0.25, 0.3) is 0 Å². The summed E-state index contributed by atoms with van der Waals surface area (Å²) in [6.07, 6.45) is 4.53. The van der Waals surface area contributed by atoms with E-state index in [1.165, 1.54) is 11.5 Å². The minimum Gasteiger partial charge on any atom is -0.462 e. The molecule has 2 rings (SSSR count). The Morgan fingerprint density at radius 2 is 2.45 bits per heavy atom. The molecular weight excluding hydrogens is 278 g/mol. The smallest absolute Gasteiger partial charge is 0.344 e. The third-order valence-corrected chi connectivity index (χ3v) is 3.43. The van der Waals surface area contributed by atoms with Crippen molar-refractivity contribution in [2.24, 2.45) is 0 Å². The number of hydrogen-bond donors (Lipinski definition) is 2. The molecule has 3 N–H and O–H groups in total. The maximum absolute atomic E-state index is 11.8. The molecule has 0 aliphatic rings. The van der Waals surface area contributed by atoms with E-state index in [1.807, 2.05) is 16.9 Å². The van der Waals surface area contributed by atoms with Crippen LogP contribution in [-0.2, 0) is 11.3 Å². The van der Waals surface area contributed by atoms with Crippen LogP contribution in [-0.4, -0.2) is 33.3 Å². The fourth-order valence-electron chi connectivity index (χ4n) is 1.70. The number of aryl methyl sites for hydroxylation is 1. The maximum atomic E-state index is 11.8. The third-order valence-electron chi connectivity index (χ3n) is 2.61. The van der Waals surface area contributed by atoms with Crippen molar-refractivity contribution in [3.05, 3.63) is 24.0 Å². The molecule has 0 aliphatic carbocycles. The van der Waals surface area contributed by atoms with Gasteiger partial charge in [0.1, 0.15) is 10.6 Å². The highest BCUT2D eigenvalue weighted by Crippen LogP contribution is 2.27. The summed E-state index contributed by atoms with van der Waals surface area (Å²) >= 11 is 1.17. The quantitative estimate of drug-likeness (QED) is 0.595. The fourth-order valence-corrected chi connectivity index (χ4v) is 2.43. The summed E-state index contributed by atoms with van der Waals surface area (Å²) in [6, 6.07) is 1.89. The lowest BCUT2D eigenvalue weighted by atomic mass is 10.3. The summed E-state index contributed by atoms with van der Waals surface area (Å²) in [5.41, 5.74) is 6.03. The molecule has 0 fully saturated rings. The number of carbonyl (C=O) groups is 1. The maximum Gasteiger partial charge on any atom is 0.344 e. The Kier molecular flexibility index (Phi) is 4.94. The second-order valence-corrected chi connectivity index (χ2v) is 4.82. The van der Waals surface area contributed by atoms with Gasteiger partial charge in [-0.05, 0) is 30.9 Å². The highest BCUT2D eigenvalue weighted by atomic mass is 32.1. The van der Waals surface area contributed by atoms with Crippen molar-refractivity contribution in [3.8, 4) is 0 Å². The Hall–Kier alpha value is -2.09. The van der Waals surface area contributed by atoms with Crippen molar-refractivity contribution < 1.29 is 9.53 Å². The molecule has 20 heavy (non-hydrogen) atoms. The molecule has 0 saturated heterocycles. The van der Waals surface area contributed by atoms with Crippen LogP contribution in [0.4, 0.5) is 10.8 Å². The fraction of sp³-hybridized carbons (Fsp3) is 0.417. The van der Waals surface area contributed by atoms with Crippen LogP contribution < -0.4 is 11.1 Å². The van der Waals surface area contributed by atoms with Crippen molar-refractivity contribution in [3.63, 3.8) is 0 Å². The molecule has 2 aromatic heterocycles. The Morgan fingerprint density at radius 3 is 3.15 bits per heavy atom. The van der Waals surface area contributed by atoms with Crippen molar-refractivity contribution >= 4 is 28.3 Å². The number of nitrogens with two attached hydrogens (primary N) is 1. The number of carbonyl (C=O) groups excluding carboxylic acids is 1. The van der Waals surface area contributed by atoms with Crippen LogP contribution in [0.2, 0.25) is 0 Å². The average molecular weight is 295 g/mol. The second-order valence-electron chi connectivity index (χ2n) is 4.04. The molecule has 108 valence electrons. The summed E-state index contributed by atoms with van der Waals surface area (Å²) < 4.78 is 10.8. The van der Waals surface area contributed by atoms with E-state index in [0.717, 1.165) is 13.0 Å². The Bertz CT molecular complexity index is 552. The minimum atomic E-state index is -0.437. The number of ether oxygens (including phenoxy) is 1. The predicted octanol–water partition coefficient (Wildman–Crippen LogP) is 1.60. The zero-order valence-corrected chi connectivity index (χ0v) is 12.0. The summed E-state index contributed by atoms with van der Waals surface area (Å²) in [5, 5.41) is 7.94. The molecule has 7 nitrogen and oxygen atoms in total. The first-order valence-corrected chi connectivity index (χ1v) is 7.13. The topological polar surface area (TPSA) is 95.1 Å². The van der Waals surface area contributed by atoms with Crippen LogP contribution in [0.1, 0.15) is 23.7 Å². The number of esters is 1. The molecule has 0 unspecified atom stereocenters. The Labute approximate surface area is 120 Å². The Morgan fingerprint density at radius 1 is 1.60 bits per heavy atom. The van der Waals surface area contributed by atoms with Gasteiger partial charge in [-0.3, -0.25) is 4.68 Å². The highest BCUT2D eigenvalue weighted by Gasteiger charge is 2.20. The number of nitrogen functional groups attached to an aromatic ring is 1. The molecule has 0 aromatic carbocycles. The molecule has 0 amide bonds. The van der Waals surface area contributed by atoms with Crippen LogP contribution in [0.5, 0.6) is 0 Å².